The first kappa shape index (κ1) is 16.6. The number of esters is 1. The van der Waals surface area contributed by atoms with Crippen LogP contribution in [0, 0.1) is 0 Å². The van der Waals surface area contributed by atoms with Gasteiger partial charge in [-0.1, -0.05) is 34.1 Å². The molecular formula is C15H17BrO4. The zero-order valence-electron chi connectivity index (χ0n) is 11.4. The van der Waals surface area contributed by atoms with Gasteiger partial charge in [0.25, 0.3) is 0 Å². The van der Waals surface area contributed by atoms with Crippen molar-refractivity contribution in [3.63, 3.8) is 0 Å². The van der Waals surface area contributed by atoms with Crippen LogP contribution in [0.2, 0.25) is 0 Å². The molecule has 108 valence electrons. The van der Waals surface area contributed by atoms with Gasteiger partial charge in [0.2, 0.25) is 0 Å². The molecular weight excluding hydrogens is 324 g/mol. The molecule has 1 rings (SSSR count). The minimum atomic E-state index is -1.92. The van der Waals surface area contributed by atoms with Gasteiger partial charge in [-0.15, -0.1) is 0 Å². The van der Waals surface area contributed by atoms with Crippen molar-refractivity contribution < 1.29 is 19.4 Å². The molecule has 0 saturated carbocycles. The van der Waals surface area contributed by atoms with Gasteiger partial charge in [-0.25, -0.2) is 4.79 Å². The molecule has 0 saturated heterocycles. The summed E-state index contributed by atoms with van der Waals surface area (Å²) in [4.78, 5) is 23.0. The molecule has 0 heterocycles. The summed E-state index contributed by atoms with van der Waals surface area (Å²) in [7, 11) is 0. The van der Waals surface area contributed by atoms with Crippen molar-refractivity contribution in [2.75, 3.05) is 6.61 Å². The smallest absolute Gasteiger partial charge is 0.342 e. The molecule has 0 spiro atoms. The zero-order chi connectivity index (χ0) is 15.2. The summed E-state index contributed by atoms with van der Waals surface area (Å²) in [5.41, 5.74) is -1.12. The van der Waals surface area contributed by atoms with Gasteiger partial charge in [-0.3, -0.25) is 4.79 Å². The predicted octanol–water partition coefficient (Wildman–Crippen LogP) is 2.74. The Balaban J connectivity index is 2.96. The number of hydrogen-bond acceptors (Lipinski definition) is 4. The molecule has 20 heavy (non-hydrogen) atoms. The van der Waals surface area contributed by atoms with Crippen LogP contribution >= 0.6 is 15.9 Å². The summed E-state index contributed by atoms with van der Waals surface area (Å²) < 4.78 is 5.75. The number of aliphatic hydroxyl groups is 1. The van der Waals surface area contributed by atoms with Gasteiger partial charge in [0.05, 0.1) is 6.61 Å². The molecule has 4 nitrogen and oxygen atoms in total. The normalized spacial score (nSPS) is 14.0. The van der Waals surface area contributed by atoms with Crippen molar-refractivity contribution in [1.82, 2.24) is 0 Å². The van der Waals surface area contributed by atoms with E-state index >= 15 is 0 Å². The molecule has 0 bridgehead atoms. The highest BCUT2D eigenvalue weighted by atomic mass is 79.9. The molecule has 0 aromatic heterocycles. The molecule has 1 N–H and O–H groups in total. The van der Waals surface area contributed by atoms with Gasteiger partial charge in [-0.05, 0) is 37.6 Å². The van der Waals surface area contributed by atoms with Crippen LogP contribution in [0.15, 0.2) is 34.8 Å². The third-order valence-electron chi connectivity index (χ3n) is 2.57. The van der Waals surface area contributed by atoms with Crippen molar-refractivity contribution in [1.29, 1.82) is 0 Å². The van der Waals surface area contributed by atoms with Crippen molar-refractivity contribution in [3.05, 3.63) is 40.4 Å². The first-order valence-electron chi connectivity index (χ1n) is 6.21. The highest BCUT2D eigenvalue weighted by Crippen LogP contribution is 2.19. The number of halogens is 1. The number of ether oxygens (including phenoxy) is 1. The van der Waals surface area contributed by atoms with Gasteiger partial charge in [0.1, 0.15) is 5.78 Å². The van der Waals surface area contributed by atoms with Gasteiger partial charge in [-0.2, -0.15) is 0 Å². The topological polar surface area (TPSA) is 63.6 Å². The van der Waals surface area contributed by atoms with E-state index in [1.165, 1.54) is 13.0 Å². The van der Waals surface area contributed by atoms with Crippen molar-refractivity contribution >= 4 is 33.8 Å². The summed E-state index contributed by atoms with van der Waals surface area (Å²) in [6, 6.07) is 7.32. The monoisotopic (exact) mass is 340 g/mol. The lowest BCUT2D eigenvalue weighted by atomic mass is 9.96. The first-order valence-corrected chi connectivity index (χ1v) is 7.00. The molecule has 1 aromatic carbocycles. The molecule has 0 aliphatic carbocycles. The summed E-state index contributed by atoms with van der Waals surface area (Å²) in [5.74, 6) is -1.11. The van der Waals surface area contributed by atoms with Crippen LogP contribution in [-0.4, -0.2) is 29.1 Å². The maximum Gasteiger partial charge on any atom is 0.342 e. The highest BCUT2D eigenvalue weighted by Gasteiger charge is 2.36. The Hall–Kier alpha value is -1.46. The van der Waals surface area contributed by atoms with Crippen LogP contribution in [-0.2, 0) is 14.3 Å². The standard InChI is InChI=1S/C15H17BrO4/c1-3-20-14(18)15(19,10-11(2)17)9-8-12-4-6-13(16)7-5-12/h4-9,19H,3,10H2,1-2H3/b9-8+/t15-/m1/s1. The summed E-state index contributed by atoms with van der Waals surface area (Å²) in [6.07, 6.45) is 2.58. The Kier molecular flexibility index (Phi) is 6.10. The Bertz CT molecular complexity index is 507. The number of ketones is 1. The number of benzene rings is 1. The van der Waals surface area contributed by atoms with Gasteiger partial charge in [0.15, 0.2) is 5.60 Å². The number of rotatable bonds is 6. The van der Waals surface area contributed by atoms with E-state index in [-0.39, 0.29) is 18.8 Å². The zero-order valence-corrected chi connectivity index (χ0v) is 13.0. The van der Waals surface area contributed by atoms with Crippen molar-refractivity contribution in [2.45, 2.75) is 25.9 Å². The number of hydrogen-bond donors (Lipinski definition) is 1. The molecule has 1 atom stereocenters. The van der Waals surface area contributed by atoms with Gasteiger partial charge < -0.3 is 9.84 Å². The minimum Gasteiger partial charge on any atom is -0.464 e. The lowest BCUT2D eigenvalue weighted by Crippen LogP contribution is -2.39. The number of carbonyl (C=O) groups excluding carboxylic acids is 2. The van der Waals surface area contributed by atoms with Crippen molar-refractivity contribution in [3.8, 4) is 0 Å². The maximum absolute atomic E-state index is 11.8. The van der Waals surface area contributed by atoms with E-state index in [2.05, 4.69) is 15.9 Å². The Morgan fingerprint density at radius 1 is 1.35 bits per heavy atom. The van der Waals surface area contributed by atoms with Crippen LogP contribution in [0.4, 0.5) is 0 Å². The third kappa shape index (κ3) is 4.90. The third-order valence-corrected chi connectivity index (χ3v) is 3.10. The second kappa shape index (κ2) is 7.36. The average Bonchev–Trinajstić information content (AvgIpc) is 2.37. The lowest BCUT2D eigenvalue weighted by molar-refractivity contribution is -0.161. The number of carbonyl (C=O) groups is 2. The van der Waals surface area contributed by atoms with E-state index in [1.54, 1.807) is 13.0 Å². The van der Waals surface area contributed by atoms with Crippen LogP contribution in [0.5, 0.6) is 0 Å². The maximum atomic E-state index is 11.8. The second-order valence-electron chi connectivity index (χ2n) is 4.41. The van der Waals surface area contributed by atoms with E-state index in [4.69, 9.17) is 4.74 Å². The lowest BCUT2D eigenvalue weighted by Gasteiger charge is -2.20. The first-order chi connectivity index (χ1) is 9.37. The largest absolute Gasteiger partial charge is 0.464 e. The van der Waals surface area contributed by atoms with Crippen LogP contribution < -0.4 is 0 Å². The summed E-state index contributed by atoms with van der Waals surface area (Å²) in [5, 5.41) is 10.3. The second-order valence-corrected chi connectivity index (χ2v) is 5.32. The molecule has 0 radical (unpaired) electrons. The van der Waals surface area contributed by atoms with Crippen LogP contribution in [0.1, 0.15) is 25.8 Å². The fourth-order valence-corrected chi connectivity index (χ4v) is 1.91. The molecule has 0 aliphatic heterocycles. The van der Waals surface area contributed by atoms with E-state index in [1.807, 2.05) is 24.3 Å². The van der Waals surface area contributed by atoms with E-state index < -0.39 is 11.6 Å². The molecule has 5 heteroatoms. The number of Topliss-reactive ketones (excluding diaryl/α,β-unsaturated/α-hetero) is 1. The Labute approximate surface area is 126 Å². The minimum absolute atomic E-state index is 0.144. The van der Waals surface area contributed by atoms with Crippen molar-refractivity contribution in [2.24, 2.45) is 0 Å². The Morgan fingerprint density at radius 2 is 1.95 bits per heavy atom. The fraction of sp³-hybridized carbons (Fsp3) is 0.333. The van der Waals surface area contributed by atoms with E-state index in [0.29, 0.717) is 0 Å². The van der Waals surface area contributed by atoms with E-state index in [9.17, 15) is 14.7 Å². The van der Waals surface area contributed by atoms with Gasteiger partial charge in [0, 0.05) is 10.9 Å². The predicted molar refractivity (Wildman–Crippen MR) is 80.1 cm³/mol. The Morgan fingerprint density at radius 3 is 2.45 bits per heavy atom. The van der Waals surface area contributed by atoms with Crippen LogP contribution in [0.25, 0.3) is 6.08 Å². The molecule has 0 aliphatic rings. The molecule has 0 fully saturated rings. The SMILES string of the molecule is CCOC(=O)[C@@](O)(/C=C/c1ccc(Br)cc1)CC(C)=O. The average molecular weight is 341 g/mol. The summed E-state index contributed by atoms with van der Waals surface area (Å²) >= 11 is 3.32. The van der Waals surface area contributed by atoms with Gasteiger partial charge >= 0.3 is 5.97 Å². The quantitative estimate of drug-likeness (QED) is 0.808. The van der Waals surface area contributed by atoms with E-state index in [0.717, 1.165) is 10.0 Å². The molecule has 0 amide bonds. The molecule has 1 aromatic rings. The van der Waals surface area contributed by atoms with Crippen LogP contribution in [0.3, 0.4) is 0 Å². The highest BCUT2D eigenvalue weighted by molar-refractivity contribution is 9.10. The molecule has 0 unspecified atom stereocenters. The summed E-state index contributed by atoms with van der Waals surface area (Å²) in [6.45, 7) is 3.10. The fourth-order valence-electron chi connectivity index (χ4n) is 1.64.